The number of rotatable bonds is 5. The van der Waals surface area contributed by atoms with Crippen LogP contribution < -0.4 is 5.32 Å². The molecule has 152 valence electrons. The number of nitrogens with zero attached hydrogens (tertiary/aromatic N) is 2. The molecule has 2 N–H and O–H groups in total. The Labute approximate surface area is 189 Å². The van der Waals surface area contributed by atoms with E-state index in [9.17, 15) is 5.11 Å². The number of halogens is 3. The minimum absolute atomic E-state index is 0.0775. The fourth-order valence-corrected chi connectivity index (χ4v) is 4.06. The van der Waals surface area contributed by atoms with Crippen LogP contribution in [0.3, 0.4) is 0 Å². The van der Waals surface area contributed by atoms with E-state index < -0.39 is 6.04 Å². The Hall–Kier alpha value is -2.53. The molecule has 30 heavy (non-hydrogen) atoms. The molecule has 0 aliphatic heterocycles. The molecular formula is C23H18Cl3N3O. The summed E-state index contributed by atoms with van der Waals surface area (Å²) in [5, 5.41) is 16.7. The molecule has 2 heterocycles. The molecule has 4 aromatic rings. The van der Waals surface area contributed by atoms with Crippen LogP contribution in [0.4, 0.5) is 5.82 Å². The lowest BCUT2D eigenvalue weighted by Gasteiger charge is -2.24. The number of aryl methyl sites for hydroxylation is 1. The summed E-state index contributed by atoms with van der Waals surface area (Å²) in [6.45, 7) is 2.03. The molecule has 2 aromatic carbocycles. The number of aromatic hydroxyl groups is 1. The van der Waals surface area contributed by atoms with E-state index in [-0.39, 0.29) is 5.75 Å². The number of hydrogen-bond acceptors (Lipinski definition) is 4. The fourth-order valence-electron chi connectivity index (χ4n) is 3.46. The smallest absolute Gasteiger partial charge is 0.147 e. The van der Waals surface area contributed by atoms with Crippen LogP contribution in [0.2, 0.25) is 15.1 Å². The van der Waals surface area contributed by atoms with E-state index in [1.807, 2.05) is 49.4 Å². The molecule has 7 heteroatoms. The van der Waals surface area contributed by atoms with Gasteiger partial charge in [0.25, 0.3) is 0 Å². The minimum atomic E-state index is -0.512. The lowest BCUT2D eigenvalue weighted by molar-refractivity contribution is 0.471. The first-order valence-electron chi connectivity index (χ1n) is 9.41. The van der Waals surface area contributed by atoms with Gasteiger partial charge >= 0.3 is 0 Å². The van der Waals surface area contributed by atoms with Crippen molar-refractivity contribution < 1.29 is 5.11 Å². The third-order valence-electron chi connectivity index (χ3n) is 4.98. The number of pyridine rings is 2. The first kappa shape index (κ1) is 20.7. The molecule has 1 unspecified atom stereocenters. The first-order valence-corrected chi connectivity index (χ1v) is 10.5. The zero-order chi connectivity index (χ0) is 21.3. The van der Waals surface area contributed by atoms with Crippen molar-refractivity contribution in [3.05, 3.63) is 92.7 Å². The Kier molecular flexibility index (Phi) is 6.00. The van der Waals surface area contributed by atoms with Gasteiger partial charge in [-0.05, 0) is 35.7 Å². The van der Waals surface area contributed by atoms with E-state index in [0.29, 0.717) is 37.5 Å². The summed E-state index contributed by atoms with van der Waals surface area (Å²) in [6, 6.07) is 14.3. The SMILES string of the molecule is CCc1cc(Cl)cnc1NC(c1cccc(Cl)c1Cl)c1ccc2cccnc2c1O. The highest BCUT2D eigenvalue weighted by atomic mass is 35.5. The van der Waals surface area contributed by atoms with Crippen molar-refractivity contribution in [2.24, 2.45) is 0 Å². The zero-order valence-electron chi connectivity index (χ0n) is 16.0. The second kappa shape index (κ2) is 8.68. The Morgan fingerprint density at radius 1 is 1.00 bits per heavy atom. The van der Waals surface area contributed by atoms with Gasteiger partial charge in [0.1, 0.15) is 17.1 Å². The molecule has 0 spiro atoms. The quantitative estimate of drug-likeness (QED) is 0.336. The van der Waals surface area contributed by atoms with Gasteiger partial charge in [0.15, 0.2) is 0 Å². The number of benzene rings is 2. The van der Waals surface area contributed by atoms with E-state index in [2.05, 4.69) is 15.3 Å². The van der Waals surface area contributed by atoms with Gasteiger partial charge in [-0.1, -0.05) is 72.1 Å². The molecule has 0 aliphatic carbocycles. The fraction of sp³-hybridized carbons (Fsp3) is 0.130. The average Bonchev–Trinajstić information content (AvgIpc) is 2.76. The lowest BCUT2D eigenvalue weighted by Crippen LogP contribution is -2.15. The maximum Gasteiger partial charge on any atom is 0.147 e. The van der Waals surface area contributed by atoms with Gasteiger partial charge < -0.3 is 10.4 Å². The third-order valence-corrected chi connectivity index (χ3v) is 6.02. The topological polar surface area (TPSA) is 58.0 Å². The summed E-state index contributed by atoms with van der Waals surface area (Å²) in [7, 11) is 0. The molecule has 0 bridgehead atoms. The maximum atomic E-state index is 11.1. The zero-order valence-corrected chi connectivity index (χ0v) is 18.3. The van der Waals surface area contributed by atoms with E-state index in [1.54, 1.807) is 18.5 Å². The predicted molar refractivity (Wildman–Crippen MR) is 124 cm³/mol. The van der Waals surface area contributed by atoms with Crippen molar-refractivity contribution in [1.82, 2.24) is 9.97 Å². The van der Waals surface area contributed by atoms with E-state index in [1.165, 1.54) is 0 Å². The van der Waals surface area contributed by atoms with Crippen molar-refractivity contribution in [3.8, 4) is 5.75 Å². The van der Waals surface area contributed by atoms with Crippen LogP contribution in [0.5, 0.6) is 5.75 Å². The maximum absolute atomic E-state index is 11.1. The summed E-state index contributed by atoms with van der Waals surface area (Å²) in [6.07, 6.45) is 3.97. The van der Waals surface area contributed by atoms with Gasteiger partial charge in [-0.2, -0.15) is 0 Å². The Morgan fingerprint density at radius 3 is 2.63 bits per heavy atom. The van der Waals surface area contributed by atoms with Crippen molar-refractivity contribution >= 4 is 51.5 Å². The molecule has 1 atom stereocenters. The van der Waals surface area contributed by atoms with Crippen molar-refractivity contribution in [2.75, 3.05) is 5.32 Å². The van der Waals surface area contributed by atoms with Gasteiger partial charge in [0.05, 0.1) is 21.1 Å². The van der Waals surface area contributed by atoms with Gasteiger partial charge in [0, 0.05) is 23.3 Å². The summed E-state index contributed by atoms with van der Waals surface area (Å²) >= 11 is 19.0. The molecule has 0 amide bonds. The van der Waals surface area contributed by atoms with Crippen LogP contribution in [0.15, 0.2) is 60.9 Å². The molecule has 4 nitrogen and oxygen atoms in total. The second-order valence-electron chi connectivity index (χ2n) is 6.81. The number of aromatic nitrogens is 2. The van der Waals surface area contributed by atoms with Gasteiger partial charge in [-0.15, -0.1) is 0 Å². The van der Waals surface area contributed by atoms with E-state index >= 15 is 0 Å². The molecule has 0 fully saturated rings. The van der Waals surface area contributed by atoms with Crippen molar-refractivity contribution in [2.45, 2.75) is 19.4 Å². The number of fused-ring (bicyclic) bond motifs is 1. The van der Waals surface area contributed by atoms with Crippen LogP contribution in [0, 0.1) is 0 Å². The van der Waals surface area contributed by atoms with Crippen LogP contribution >= 0.6 is 34.8 Å². The molecule has 0 saturated carbocycles. The van der Waals surface area contributed by atoms with Crippen LogP contribution in [-0.4, -0.2) is 15.1 Å². The number of anilines is 1. The standard InChI is InChI=1S/C23H18Cl3N3O/c1-2-13-11-15(24)12-28-23(13)29-21(16-6-3-7-18(25)19(16)26)17-9-8-14-5-4-10-27-20(14)22(17)30/h3-12,21,30H,2H2,1H3,(H,28,29). The summed E-state index contributed by atoms with van der Waals surface area (Å²) in [5.74, 6) is 0.733. The monoisotopic (exact) mass is 457 g/mol. The molecule has 0 saturated heterocycles. The Bertz CT molecular complexity index is 1230. The van der Waals surface area contributed by atoms with Crippen LogP contribution in [0.25, 0.3) is 10.9 Å². The minimum Gasteiger partial charge on any atom is -0.505 e. The highest BCUT2D eigenvalue weighted by molar-refractivity contribution is 6.42. The van der Waals surface area contributed by atoms with Crippen LogP contribution in [0.1, 0.15) is 29.7 Å². The number of hydrogen-bond donors (Lipinski definition) is 2. The van der Waals surface area contributed by atoms with Gasteiger partial charge in [0.2, 0.25) is 0 Å². The van der Waals surface area contributed by atoms with E-state index in [0.717, 1.165) is 17.4 Å². The summed E-state index contributed by atoms with van der Waals surface area (Å²) < 4.78 is 0. The molecule has 2 aromatic heterocycles. The van der Waals surface area contributed by atoms with Gasteiger partial charge in [-0.25, -0.2) is 4.98 Å². The predicted octanol–water partition coefficient (Wildman–Crippen LogP) is 7.06. The van der Waals surface area contributed by atoms with E-state index in [4.69, 9.17) is 34.8 Å². The second-order valence-corrected chi connectivity index (χ2v) is 8.04. The molecule has 4 rings (SSSR count). The van der Waals surface area contributed by atoms with Crippen molar-refractivity contribution in [3.63, 3.8) is 0 Å². The van der Waals surface area contributed by atoms with Crippen molar-refractivity contribution in [1.29, 1.82) is 0 Å². The first-order chi connectivity index (χ1) is 14.5. The number of nitrogens with one attached hydrogen (secondary N) is 1. The lowest BCUT2D eigenvalue weighted by atomic mass is 9.95. The third kappa shape index (κ3) is 3.91. The Morgan fingerprint density at radius 2 is 1.83 bits per heavy atom. The number of phenols is 1. The molecular weight excluding hydrogens is 441 g/mol. The average molecular weight is 459 g/mol. The summed E-state index contributed by atoms with van der Waals surface area (Å²) in [5.41, 5.74) is 2.79. The van der Waals surface area contributed by atoms with Crippen LogP contribution in [-0.2, 0) is 6.42 Å². The normalized spacial score (nSPS) is 12.1. The van der Waals surface area contributed by atoms with Gasteiger partial charge in [-0.3, -0.25) is 4.98 Å². The highest BCUT2D eigenvalue weighted by Crippen LogP contribution is 2.40. The number of phenolic OH excluding ortho intramolecular Hbond substituents is 1. The molecule has 0 aliphatic rings. The largest absolute Gasteiger partial charge is 0.505 e. The highest BCUT2D eigenvalue weighted by Gasteiger charge is 2.24. The molecule has 0 radical (unpaired) electrons. The Balaban J connectivity index is 1.91. The summed E-state index contributed by atoms with van der Waals surface area (Å²) in [4.78, 5) is 8.81.